The number of nitrogens with zero attached hydrogens (tertiary/aromatic N) is 4. The van der Waals surface area contributed by atoms with Gasteiger partial charge < -0.3 is 14.8 Å². The largest absolute Gasteiger partial charge is 0.488 e. The Morgan fingerprint density at radius 2 is 2.06 bits per heavy atom. The van der Waals surface area contributed by atoms with E-state index in [1.807, 2.05) is 42.5 Å². The summed E-state index contributed by atoms with van der Waals surface area (Å²) >= 11 is 9.82. The molecule has 4 rings (SSSR count). The van der Waals surface area contributed by atoms with Crippen molar-refractivity contribution in [2.45, 2.75) is 39.5 Å². The van der Waals surface area contributed by atoms with E-state index in [1.54, 1.807) is 25.5 Å². The number of nitrogens with one attached hydrogen (secondary N) is 1. The molecule has 32 heavy (non-hydrogen) atoms. The molecule has 0 radical (unpaired) electrons. The SMILES string of the molecule is CC1=C(C(=O)OC(C)C)C(c2cc(Br)ccc2OCc2ccccc2Cl)n2nnnc2N1. The van der Waals surface area contributed by atoms with Gasteiger partial charge in [0.1, 0.15) is 18.4 Å². The highest BCUT2D eigenvalue weighted by Gasteiger charge is 2.37. The molecule has 166 valence electrons. The Morgan fingerprint density at radius 3 is 2.81 bits per heavy atom. The number of benzene rings is 2. The predicted molar refractivity (Wildman–Crippen MR) is 123 cm³/mol. The standard InChI is InChI=1S/C22H21BrClN5O3/c1-12(2)32-21(30)19-13(3)25-22-26-27-28-29(22)20(19)16-10-15(23)8-9-18(16)31-11-14-6-4-5-7-17(14)24/h4-10,12,20H,11H2,1-3H3,(H,25,26,28). The lowest BCUT2D eigenvalue weighted by atomic mass is 9.95. The summed E-state index contributed by atoms with van der Waals surface area (Å²) in [6.45, 7) is 5.66. The predicted octanol–water partition coefficient (Wildman–Crippen LogP) is 4.91. The highest BCUT2D eigenvalue weighted by molar-refractivity contribution is 9.10. The molecule has 1 unspecified atom stereocenters. The Labute approximate surface area is 198 Å². The van der Waals surface area contributed by atoms with Crippen LogP contribution in [0.1, 0.15) is 37.9 Å². The average Bonchev–Trinajstić information content (AvgIpc) is 3.20. The van der Waals surface area contributed by atoms with E-state index in [-0.39, 0.29) is 12.7 Å². The zero-order valence-corrected chi connectivity index (χ0v) is 20.0. The van der Waals surface area contributed by atoms with Gasteiger partial charge in [-0.15, -0.1) is 0 Å². The fourth-order valence-corrected chi connectivity index (χ4v) is 4.05. The summed E-state index contributed by atoms with van der Waals surface area (Å²) in [4.78, 5) is 13.1. The van der Waals surface area contributed by atoms with Gasteiger partial charge in [0, 0.05) is 26.3 Å². The minimum atomic E-state index is -0.647. The van der Waals surface area contributed by atoms with E-state index in [4.69, 9.17) is 21.1 Å². The number of hydrogen-bond donors (Lipinski definition) is 1. The number of carbonyl (C=O) groups is 1. The van der Waals surface area contributed by atoms with Crippen molar-refractivity contribution in [3.63, 3.8) is 0 Å². The Morgan fingerprint density at radius 1 is 1.28 bits per heavy atom. The minimum absolute atomic E-state index is 0.260. The number of allylic oxidation sites excluding steroid dienone is 1. The highest BCUT2D eigenvalue weighted by atomic mass is 79.9. The summed E-state index contributed by atoms with van der Waals surface area (Å²) in [5.41, 5.74) is 2.57. The second-order valence-corrected chi connectivity index (χ2v) is 8.85. The van der Waals surface area contributed by atoms with Gasteiger partial charge in [-0.25, -0.2) is 4.79 Å². The van der Waals surface area contributed by atoms with Crippen molar-refractivity contribution >= 4 is 39.4 Å². The van der Waals surface area contributed by atoms with Gasteiger partial charge in [-0.3, -0.25) is 0 Å². The number of halogens is 2. The van der Waals surface area contributed by atoms with Gasteiger partial charge >= 0.3 is 5.97 Å². The smallest absolute Gasteiger partial charge is 0.338 e. The summed E-state index contributed by atoms with van der Waals surface area (Å²) in [7, 11) is 0. The van der Waals surface area contributed by atoms with Crippen LogP contribution < -0.4 is 10.1 Å². The van der Waals surface area contributed by atoms with Crippen molar-refractivity contribution in [1.82, 2.24) is 20.2 Å². The van der Waals surface area contributed by atoms with E-state index >= 15 is 0 Å². The molecule has 0 bridgehead atoms. The number of aromatic nitrogens is 4. The summed E-state index contributed by atoms with van der Waals surface area (Å²) in [6, 6.07) is 12.4. The first-order valence-corrected chi connectivity index (χ1v) is 11.1. The van der Waals surface area contributed by atoms with Gasteiger partial charge in [0.15, 0.2) is 0 Å². The molecule has 0 saturated heterocycles. The van der Waals surface area contributed by atoms with Crippen molar-refractivity contribution in [1.29, 1.82) is 0 Å². The molecule has 1 aliphatic rings. The normalized spacial score (nSPS) is 15.4. The summed E-state index contributed by atoms with van der Waals surface area (Å²) in [6.07, 6.45) is -0.280. The third-order valence-corrected chi connectivity index (χ3v) is 5.75. The number of rotatable bonds is 6. The Bertz CT molecular complexity index is 1190. The maximum Gasteiger partial charge on any atom is 0.338 e. The molecule has 1 aliphatic heterocycles. The Balaban J connectivity index is 1.78. The lowest BCUT2D eigenvalue weighted by Crippen LogP contribution is -2.31. The van der Waals surface area contributed by atoms with Gasteiger partial charge in [0.25, 0.3) is 0 Å². The first-order valence-electron chi connectivity index (χ1n) is 9.97. The molecule has 0 fully saturated rings. The van der Waals surface area contributed by atoms with Crippen molar-refractivity contribution in [2.24, 2.45) is 0 Å². The Kier molecular flexibility index (Phi) is 6.48. The molecular formula is C22H21BrClN5O3. The summed E-state index contributed by atoms with van der Waals surface area (Å²) < 4.78 is 14.1. The molecule has 8 nitrogen and oxygen atoms in total. The maximum atomic E-state index is 13.1. The molecule has 3 aromatic rings. The summed E-state index contributed by atoms with van der Waals surface area (Å²) in [5, 5.41) is 15.6. The molecule has 0 amide bonds. The zero-order chi connectivity index (χ0) is 22.8. The number of carbonyl (C=O) groups excluding carboxylic acids is 1. The molecule has 1 atom stereocenters. The topological polar surface area (TPSA) is 91.2 Å². The van der Waals surface area contributed by atoms with Crippen LogP contribution in [0.4, 0.5) is 5.95 Å². The van der Waals surface area contributed by atoms with E-state index in [9.17, 15) is 4.79 Å². The molecule has 1 N–H and O–H groups in total. The number of ether oxygens (including phenoxy) is 2. The first-order chi connectivity index (χ1) is 15.3. The molecular weight excluding hydrogens is 498 g/mol. The lowest BCUT2D eigenvalue weighted by molar-refractivity contribution is -0.143. The average molecular weight is 519 g/mol. The van der Waals surface area contributed by atoms with Gasteiger partial charge in [-0.1, -0.05) is 50.8 Å². The number of fused-ring (bicyclic) bond motifs is 1. The van der Waals surface area contributed by atoms with Crippen LogP contribution in [-0.4, -0.2) is 32.3 Å². The molecule has 0 saturated carbocycles. The van der Waals surface area contributed by atoms with Crippen molar-refractivity contribution in [3.8, 4) is 5.75 Å². The van der Waals surface area contributed by atoms with E-state index in [0.29, 0.717) is 33.6 Å². The number of tetrazole rings is 1. The van der Waals surface area contributed by atoms with E-state index < -0.39 is 12.0 Å². The molecule has 10 heteroatoms. The molecule has 2 heterocycles. The fourth-order valence-electron chi connectivity index (χ4n) is 3.48. The Hall–Kier alpha value is -2.91. The fraction of sp³-hybridized carbons (Fsp3) is 0.273. The monoisotopic (exact) mass is 517 g/mol. The van der Waals surface area contributed by atoms with Crippen LogP contribution in [0.25, 0.3) is 0 Å². The molecule has 0 spiro atoms. The number of esters is 1. The van der Waals surface area contributed by atoms with Gasteiger partial charge in [0.2, 0.25) is 5.95 Å². The highest BCUT2D eigenvalue weighted by Crippen LogP contribution is 2.40. The number of anilines is 1. The maximum absolute atomic E-state index is 13.1. The first kappa shape index (κ1) is 22.3. The third kappa shape index (κ3) is 4.49. The van der Waals surface area contributed by atoms with Crippen LogP contribution in [-0.2, 0) is 16.1 Å². The van der Waals surface area contributed by atoms with E-state index in [0.717, 1.165) is 10.0 Å². The van der Waals surface area contributed by atoms with Crippen LogP contribution in [0.3, 0.4) is 0 Å². The lowest BCUT2D eigenvalue weighted by Gasteiger charge is -2.29. The molecule has 1 aromatic heterocycles. The molecule has 0 aliphatic carbocycles. The van der Waals surface area contributed by atoms with Crippen LogP contribution in [0.2, 0.25) is 5.02 Å². The van der Waals surface area contributed by atoms with Gasteiger partial charge in [0.05, 0.1) is 11.7 Å². The van der Waals surface area contributed by atoms with Gasteiger partial charge in [-0.2, -0.15) is 4.68 Å². The minimum Gasteiger partial charge on any atom is -0.488 e. The summed E-state index contributed by atoms with van der Waals surface area (Å²) in [5.74, 6) is 0.544. The van der Waals surface area contributed by atoms with Crippen LogP contribution in [0.5, 0.6) is 5.75 Å². The van der Waals surface area contributed by atoms with Crippen molar-refractivity contribution in [3.05, 3.63) is 74.4 Å². The van der Waals surface area contributed by atoms with E-state index in [1.165, 1.54) is 0 Å². The zero-order valence-electron chi connectivity index (χ0n) is 17.7. The van der Waals surface area contributed by atoms with Crippen LogP contribution in [0.15, 0.2) is 58.2 Å². The van der Waals surface area contributed by atoms with Crippen LogP contribution in [0, 0.1) is 0 Å². The second kappa shape index (κ2) is 9.30. The quantitative estimate of drug-likeness (QED) is 0.464. The molecule has 2 aromatic carbocycles. The van der Waals surface area contributed by atoms with Crippen molar-refractivity contribution in [2.75, 3.05) is 5.32 Å². The van der Waals surface area contributed by atoms with Crippen LogP contribution >= 0.6 is 27.5 Å². The second-order valence-electron chi connectivity index (χ2n) is 7.53. The van der Waals surface area contributed by atoms with Gasteiger partial charge in [-0.05, 0) is 55.5 Å². The van der Waals surface area contributed by atoms with E-state index in [2.05, 4.69) is 36.8 Å². The third-order valence-electron chi connectivity index (χ3n) is 4.88. The van der Waals surface area contributed by atoms with Crippen molar-refractivity contribution < 1.29 is 14.3 Å². The number of hydrogen-bond acceptors (Lipinski definition) is 7.